The molecule has 7 heteroatoms. The number of sulfonamides is 1. The molecule has 0 saturated carbocycles. The minimum Gasteiger partial charge on any atom is -0.356 e. The van der Waals surface area contributed by atoms with E-state index in [2.05, 4.69) is 12.2 Å². The van der Waals surface area contributed by atoms with Crippen molar-refractivity contribution in [3.05, 3.63) is 29.8 Å². The summed E-state index contributed by atoms with van der Waals surface area (Å²) in [5.74, 6) is -0.164. The summed E-state index contributed by atoms with van der Waals surface area (Å²) in [6, 6.07) is 8.23. The standard InChI is InChI=1S/C16H23N3O3S/c1-3-4-5-11-18-16(20)10-12-19(23(2,21)22)15-8-6-14(13-17)7-9-15/h6-9H,3-5,10-12H2,1-2H3,(H,18,20). The fraction of sp³-hybridized carbons (Fsp3) is 0.500. The number of carbonyl (C=O) groups excluding carboxylic acids is 1. The summed E-state index contributed by atoms with van der Waals surface area (Å²) in [7, 11) is -3.49. The van der Waals surface area contributed by atoms with Crippen LogP contribution in [0.4, 0.5) is 5.69 Å². The minimum atomic E-state index is -3.49. The summed E-state index contributed by atoms with van der Waals surface area (Å²) in [6.45, 7) is 2.77. The molecule has 0 aliphatic heterocycles. The normalized spacial score (nSPS) is 10.8. The van der Waals surface area contributed by atoms with Crippen molar-refractivity contribution >= 4 is 21.6 Å². The van der Waals surface area contributed by atoms with Crippen molar-refractivity contribution in [3.63, 3.8) is 0 Å². The number of anilines is 1. The Labute approximate surface area is 138 Å². The average Bonchev–Trinajstić information content (AvgIpc) is 2.51. The van der Waals surface area contributed by atoms with Gasteiger partial charge in [-0.25, -0.2) is 8.42 Å². The minimum absolute atomic E-state index is 0.0738. The topological polar surface area (TPSA) is 90.3 Å². The molecule has 6 nitrogen and oxygen atoms in total. The van der Waals surface area contributed by atoms with Gasteiger partial charge in [-0.05, 0) is 30.7 Å². The van der Waals surface area contributed by atoms with Crippen molar-refractivity contribution in [2.45, 2.75) is 32.6 Å². The van der Waals surface area contributed by atoms with Crippen LogP contribution in [0.2, 0.25) is 0 Å². The van der Waals surface area contributed by atoms with Gasteiger partial charge in [-0.3, -0.25) is 9.10 Å². The molecule has 0 fully saturated rings. The van der Waals surface area contributed by atoms with Crippen LogP contribution in [0.1, 0.15) is 38.2 Å². The van der Waals surface area contributed by atoms with Gasteiger partial charge in [-0.2, -0.15) is 5.26 Å². The molecule has 1 aromatic rings. The highest BCUT2D eigenvalue weighted by Crippen LogP contribution is 2.18. The number of nitrogens with one attached hydrogen (secondary N) is 1. The number of hydrogen-bond donors (Lipinski definition) is 1. The molecule has 0 aliphatic rings. The fourth-order valence-electron chi connectivity index (χ4n) is 2.08. The van der Waals surface area contributed by atoms with E-state index in [0.717, 1.165) is 25.5 Å². The maximum atomic E-state index is 11.9. The molecular formula is C16H23N3O3S. The average molecular weight is 337 g/mol. The molecule has 0 unspecified atom stereocenters. The number of nitriles is 1. The van der Waals surface area contributed by atoms with Gasteiger partial charge in [-0.15, -0.1) is 0 Å². The lowest BCUT2D eigenvalue weighted by Gasteiger charge is -2.22. The van der Waals surface area contributed by atoms with Crippen molar-refractivity contribution < 1.29 is 13.2 Å². The van der Waals surface area contributed by atoms with Gasteiger partial charge in [0.2, 0.25) is 15.9 Å². The zero-order valence-corrected chi connectivity index (χ0v) is 14.4. The van der Waals surface area contributed by atoms with Crippen LogP contribution in [0.5, 0.6) is 0 Å². The van der Waals surface area contributed by atoms with Gasteiger partial charge in [0, 0.05) is 19.5 Å². The van der Waals surface area contributed by atoms with Crippen LogP contribution in [0, 0.1) is 11.3 Å². The SMILES string of the molecule is CCCCCNC(=O)CCN(c1ccc(C#N)cc1)S(C)(=O)=O. The predicted molar refractivity (Wildman–Crippen MR) is 90.5 cm³/mol. The van der Waals surface area contributed by atoms with Crippen LogP contribution < -0.4 is 9.62 Å². The third kappa shape index (κ3) is 6.70. The van der Waals surface area contributed by atoms with Crippen LogP contribution in [0.15, 0.2) is 24.3 Å². The number of rotatable bonds is 9. The second-order valence-electron chi connectivity index (χ2n) is 5.30. The Balaban J connectivity index is 2.66. The number of hydrogen-bond acceptors (Lipinski definition) is 4. The van der Waals surface area contributed by atoms with Crippen LogP contribution >= 0.6 is 0 Å². The Kier molecular flexibility index (Phi) is 7.55. The van der Waals surface area contributed by atoms with Gasteiger partial charge in [0.05, 0.1) is 23.6 Å². The van der Waals surface area contributed by atoms with Crippen molar-refractivity contribution in [1.29, 1.82) is 5.26 Å². The molecule has 23 heavy (non-hydrogen) atoms. The maximum absolute atomic E-state index is 11.9. The third-order valence-electron chi connectivity index (χ3n) is 3.33. The Morgan fingerprint density at radius 3 is 2.43 bits per heavy atom. The molecule has 1 aromatic carbocycles. The highest BCUT2D eigenvalue weighted by molar-refractivity contribution is 7.92. The zero-order chi connectivity index (χ0) is 17.3. The molecule has 0 spiro atoms. The molecular weight excluding hydrogens is 314 g/mol. The highest BCUT2D eigenvalue weighted by atomic mass is 32.2. The number of nitrogens with zero attached hydrogens (tertiary/aromatic N) is 2. The van der Waals surface area contributed by atoms with E-state index in [1.54, 1.807) is 24.3 Å². The summed E-state index contributed by atoms with van der Waals surface area (Å²) in [5, 5.41) is 11.6. The summed E-state index contributed by atoms with van der Waals surface area (Å²) in [6.07, 6.45) is 4.26. The van der Waals surface area contributed by atoms with Gasteiger partial charge in [0.25, 0.3) is 0 Å². The van der Waals surface area contributed by atoms with Gasteiger partial charge in [0.15, 0.2) is 0 Å². The molecule has 0 aliphatic carbocycles. The van der Waals surface area contributed by atoms with E-state index >= 15 is 0 Å². The lowest BCUT2D eigenvalue weighted by molar-refractivity contribution is -0.120. The van der Waals surface area contributed by atoms with E-state index in [1.807, 2.05) is 6.07 Å². The van der Waals surface area contributed by atoms with Crippen molar-refractivity contribution in [3.8, 4) is 6.07 Å². The van der Waals surface area contributed by atoms with Gasteiger partial charge >= 0.3 is 0 Å². The maximum Gasteiger partial charge on any atom is 0.232 e. The van der Waals surface area contributed by atoms with Gasteiger partial charge < -0.3 is 5.32 Å². The molecule has 0 atom stereocenters. The summed E-state index contributed by atoms with van der Waals surface area (Å²) < 4.78 is 25.0. The molecule has 1 amide bonds. The second-order valence-corrected chi connectivity index (χ2v) is 7.21. The van der Waals surface area contributed by atoms with Crippen molar-refractivity contribution in [2.24, 2.45) is 0 Å². The molecule has 0 aromatic heterocycles. The van der Waals surface area contributed by atoms with Crippen LogP contribution in [0.3, 0.4) is 0 Å². The fourth-order valence-corrected chi connectivity index (χ4v) is 3.01. The quantitative estimate of drug-likeness (QED) is 0.698. The van der Waals surface area contributed by atoms with E-state index in [1.165, 1.54) is 4.31 Å². The molecule has 0 heterocycles. The first-order valence-corrected chi connectivity index (χ1v) is 9.48. The Hall–Kier alpha value is -2.07. The number of unbranched alkanes of at least 4 members (excludes halogenated alkanes) is 2. The first-order chi connectivity index (χ1) is 10.9. The largest absolute Gasteiger partial charge is 0.356 e. The molecule has 1 rings (SSSR count). The van der Waals surface area contributed by atoms with E-state index < -0.39 is 10.0 Å². The van der Waals surface area contributed by atoms with E-state index in [9.17, 15) is 13.2 Å². The van der Waals surface area contributed by atoms with Crippen molar-refractivity contribution in [1.82, 2.24) is 5.32 Å². The number of amides is 1. The summed E-state index contributed by atoms with van der Waals surface area (Å²) in [4.78, 5) is 11.8. The first-order valence-electron chi connectivity index (χ1n) is 7.63. The lowest BCUT2D eigenvalue weighted by atomic mass is 10.2. The van der Waals surface area contributed by atoms with Crippen molar-refractivity contribution in [2.75, 3.05) is 23.7 Å². The lowest BCUT2D eigenvalue weighted by Crippen LogP contribution is -2.34. The van der Waals surface area contributed by atoms with Crippen LogP contribution in [-0.4, -0.2) is 33.7 Å². The van der Waals surface area contributed by atoms with Gasteiger partial charge in [0.1, 0.15) is 0 Å². The van der Waals surface area contributed by atoms with E-state index in [0.29, 0.717) is 17.8 Å². The Morgan fingerprint density at radius 2 is 1.91 bits per heavy atom. The summed E-state index contributed by atoms with van der Waals surface area (Å²) in [5.41, 5.74) is 0.904. The molecule has 0 bridgehead atoms. The second kappa shape index (κ2) is 9.16. The van der Waals surface area contributed by atoms with E-state index in [4.69, 9.17) is 5.26 Å². The first kappa shape index (κ1) is 19.0. The molecule has 126 valence electrons. The predicted octanol–water partition coefficient (Wildman–Crippen LogP) is 2.02. The number of carbonyl (C=O) groups is 1. The highest BCUT2D eigenvalue weighted by Gasteiger charge is 2.18. The monoisotopic (exact) mass is 337 g/mol. The van der Waals surface area contributed by atoms with Gasteiger partial charge in [-0.1, -0.05) is 19.8 Å². The zero-order valence-electron chi connectivity index (χ0n) is 13.6. The molecule has 0 radical (unpaired) electrons. The van der Waals surface area contributed by atoms with Crippen LogP contribution in [0.25, 0.3) is 0 Å². The third-order valence-corrected chi connectivity index (χ3v) is 4.52. The number of benzene rings is 1. The Bertz CT molecular complexity index is 648. The molecule has 1 N–H and O–H groups in total. The van der Waals surface area contributed by atoms with E-state index in [-0.39, 0.29) is 18.9 Å². The smallest absolute Gasteiger partial charge is 0.232 e. The van der Waals surface area contributed by atoms with Crippen LogP contribution in [-0.2, 0) is 14.8 Å². The Morgan fingerprint density at radius 1 is 1.26 bits per heavy atom. The summed E-state index contributed by atoms with van der Waals surface area (Å²) >= 11 is 0. The molecule has 0 saturated heterocycles.